The monoisotopic (exact) mass is 523 g/mol. The second-order valence-corrected chi connectivity index (χ2v) is 10.6. The molecule has 3 aliphatic rings. The minimum absolute atomic E-state index is 0.172. The quantitative estimate of drug-likeness (QED) is 0.445. The normalized spacial score (nSPS) is 27.8. The van der Waals surface area contributed by atoms with Crippen LogP contribution < -0.4 is 9.47 Å². The van der Waals surface area contributed by atoms with Gasteiger partial charge in [0.2, 0.25) is 0 Å². The third-order valence-corrected chi connectivity index (χ3v) is 8.46. The average Bonchev–Trinajstić information content (AvgIpc) is 2.98. The van der Waals surface area contributed by atoms with E-state index in [0.717, 1.165) is 43.8 Å². The number of carbonyl (C=O) groups is 1. The molecule has 4 atom stereocenters. The Morgan fingerprint density at radius 2 is 2.00 bits per heavy atom. The number of hydrogen-bond donors (Lipinski definition) is 0. The Labute approximate surface area is 213 Å². The molecule has 5 nitrogen and oxygen atoms in total. The van der Waals surface area contributed by atoms with Crippen molar-refractivity contribution in [2.24, 2.45) is 5.92 Å². The second kappa shape index (κ2) is 9.14. The van der Waals surface area contributed by atoms with Crippen molar-refractivity contribution >= 4 is 17.6 Å². The minimum atomic E-state index is -4.66. The third kappa shape index (κ3) is 4.12. The lowest BCUT2D eigenvalue weighted by atomic mass is 9.64. The third-order valence-electron chi connectivity index (χ3n) is 8.13. The molecule has 1 saturated carbocycles. The summed E-state index contributed by atoms with van der Waals surface area (Å²) in [5.41, 5.74) is 0.937. The van der Waals surface area contributed by atoms with Crippen molar-refractivity contribution in [1.82, 2.24) is 4.90 Å². The number of halogens is 4. The Kier molecular flexibility index (Phi) is 6.40. The fraction of sp³-hybridized carbons (Fsp3) is 0.519. The van der Waals surface area contributed by atoms with Gasteiger partial charge in [0.15, 0.2) is 11.5 Å². The first kappa shape index (κ1) is 25.2. The zero-order valence-electron chi connectivity index (χ0n) is 20.5. The molecule has 0 amide bonds. The fourth-order valence-corrected chi connectivity index (χ4v) is 6.50. The molecule has 1 spiro atoms. The zero-order valence-corrected chi connectivity index (χ0v) is 21.2. The van der Waals surface area contributed by atoms with Crippen molar-refractivity contribution in [2.75, 3.05) is 20.7 Å². The van der Waals surface area contributed by atoms with Crippen LogP contribution >= 0.6 is 11.6 Å². The van der Waals surface area contributed by atoms with Gasteiger partial charge < -0.3 is 19.1 Å². The predicted molar refractivity (Wildman–Crippen MR) is 129 cm³/mol. The van der Waals surface area contributed by atoms with Gasteiger partial charge in [0.25, 0.3) is 0 Å². The van der Waals surface area contributed by atoms with Crippen LogP contribution in [0.15, 0.2) is 30.3 Å². The largest absolute Gasteiger partial charge is 0.493 e. The Hall–Kier alpha value is -2.45. The topological polar surface area (TPSA) is 48.0 Å². The standard InChI is InChI=1S/C27H29ClF3NO4/c1-15-4-7-18(35-25(33)16-5-8-20(28)19(12-16)27(29,30)31)13-22-26(15)10-11-32(2)14-17-6-9-21(34-3)24(36-22)23(17)26/h5-6,8-9,12,15,18,22H,4,7,10-11,13-14H2,1-3H3/t15?,18-,22?,26+/m0/s1. The number of hydrogen-bond acceptors (Lipinski definition) is 5. The number of rotatable bonds is 3. The first-order valence-corrected chi connectivity index (χ1v) is 12.6. The number of nitrogens with zero attached hydrogens (tertiary/aromatic N) is 1. The molecule has 2 aromatic rings. The summed E-state index contributed by atoms with van der Waals surface area (Å²) in [5, 5.41) is -0.454. The highest BCUT2D eigenvalue weighted by molar-refractivity contribution is 6.31. The lowest BCUT2D eigenvalue weighted by Crippen LogP contribution is -2.44. The molecule has 1 aliphatic carbocycles. The van der Waals surface area contributed by atoms with Crippen LogP contribution in [-0.4, -0.2) is 43.8 Å². The highest BCUT2D eigenvalue weighted by Gasteiger charge is 2.57. The molecule has 0 aromatic heterocycles. The summed E-state index contributed by atoms with van der Waals surface area (Å²) in [6.45, 7) is 3.93. The molecule has 2 heterocycles. The van der Waals surface area contributed by atoms with Crippen LogP contribution in [-0.2, 0) is 22.9 Å². The molecule has 5 rings (SSSR count). The first-order valence-electron chi connectivity index (χ1n) is 12.2. The van der Waals surface area contributed by atoms with Crippen molar-refractivity contribution in [2.45, 2.75) is 63.0 Å². The molecule has 0 saturated heterocycles. The summed E-state index contributed by atoms with van der Waals surface area (Å²) >= 11 is 5.72. The Morgan fingerprint density at radius 1 is 1.22 bits per heavy atom. The smallest absolute Gasteiger partial charge is 0.417 e. The van der Waals surface area contributed by atoms with Crippen molar-refractivity contribution in [3.05, 3.63) is 57.6 Å². The van der Waals surface area contributed by atoms with Crippen molar-refractivity contribution in [3.63, 3.8) is 0 Å². The van der Waals surface area contributed by atoms with Crippen LogP contribution in [0.5, 0.6) is 11.5 Å². The Morgan fingerprint density at radius 3 is 2.72 bits per heavy atom. The number of carbonyl (C=O) groups excluding carboxylic acids is 1. The molecule has 2 unspecified atom stereocenters. The van der Waals surface area contributed by atoms with Gasteiger partial charge in [0.05, 0.1) is 23.3 Å². The molecule has 0 radical (unpaired) electrons. The molecule has 0 bridgehead atoms. The van der Waals surface area contributed by atoms with E-state index in [1.165, 1.54) is 17.2 Å². The number of ether oxygens (including phenoxy) is 3. The number of benzene rings is 2. The van der Waals surface area contributed by atoms with Gasteiger partial charge >= 0.3 is 12.1 Å². The molecular formula is C27H29ClF3NO4. The van der Waals surface area contributed by atoms with Gasteiger partial charge in [-0.05, 0) is 68.6 Å². The zero-order chi connectivity index (χ0) is 25.8. The van der Waals surface area contributed by atoms with Crippen molar-refractivity contribution < 1.29 is 32.2 Å². The van der Waals surface area contributed by atoms with E-state index in [9.17, 15) is 18.0 Å². The van der Waals surface area contributed by atoms with Crippen LogP contribution in [0.25, 0.3) is 0 Å². The maximum absolute atomic E-state index is 13.3. The van der Waals surface area contributed by atoms with E-state index in [0.29, 0.717) is 18.6 Å². The van der Waals surface area contributed by atoms with Gasteiger partial charge in [0.1, 0.15) is 12.2 Å². The number of esters is 1. The molecule has 2 aromatic carbocycles. The fourth-order valence-electron chi connectivity index (χ4n) is 6.28. The van der Waals surface area contributed by atoms with Crippen molar-refractivity contribution in [1.29, 1.82) is 0 Å². The van der Waals surface area contributed by atoms with Crippen LogP contribution in [0, 0.1) is 5.92 Å². The molecule has 1 fully saturated rings. The van der Waals surface area contributed by atoms with Gasteiger partial charge in [-0.3, -0.25) is 0 Å². The molecular weight excluding hydrogens is 495 g/mol. The SMILES string of the molecule is COc1ccc2c3c1OC1C[C@@H](OC(=O)c4ccc(Cl)c(C(F)(F)F)c4)CCC(C)[C@@]31CCN(C)C2. The van der Waals surface area contributed by atoms with E-state index in [2.05, 4.69) is 24.9 Å². The average molecular weight is 524 g/mol. The van der Waals surface area contributed by atoms with E-state index in [4.69, 9.17) is 25.8 Å². The lowest BCUT2D eigenvalue weighted by Gasteiger charge is -2.38. The van der Waals surface area contributed by atoms with Gasteiger partial charge in [0, 0.05) is 23.9 Å². The maximum atomic E-state index is 13.3. The van der Waals surface area contributed by atoms with Crippen LogP contribution in [0.4, 0.5) is 13.2 Å². The van der Waals surface area contributed by atoms with E-state index in [-0.39, 0.29) is 23.0 Å². The van der Waals surface area contributed by atoms with Crippen LogP contribution in [0.3, 0.4) is 0 Å². The minimum Gasteiger partial charge on any atom is -0.493 e. The first-order chi connectivity index (χ1) is 17.0. The Balaban J connectivity index is 1.45. The summed E-state index contributed by atoms with van der Waals surface area (Å²) in [6.07, 6.45) is -2.62. The number of methoxy groups -OCH3 is 1. The predicted octanol–water partition coefficient (Wildman–Crippen LogP) is 6.25. The summed E-state index contributed by atoms with van der Waals surface area (Å²) < 4.78 is 57.9. The maximum Gasteiger partial charge on any atom is 0.417 e. The Bertz CT molecular complexity index is 1190. The lowest BCUT2D eigenvalue weighted by molar-refractivity contribution is -0.137. The second-order valence-electron chi connectivity index (χ2n) is 10.2. The molecule has 9 heteroatoms. The molecule has 194 valence electrons. The van der Waals surface area contributed by atoms with E-state index in [1.54, 1.807) is 7.11 Å². The summed E-state index contributed by atoms with van der Waals surface area (Å²) in [6, 6.07) is 7.15. The highest BCUT2D eigenvalue weighted by Crippen LogP contribution is 2.59. The van der Waals surface area contributed by atoms with Gasteiger partial charge in [-0.1, -0.05) is 24.6 Å². The van der Waals surface area contributed by atoms with Gasteiger partial charge in [-0.2, -0.15) is 13.2 Å². The van der Waals surface area contributed by atoms with Gasteiger partial charge in [-0.15, -0.1) is 0 Å². The van der Waals surface area contributed by atoms with E-state index < -0.39 is 28.8 Å². The summed E-state index contributed by atoms with van der Waals surface area (Å²) in [4.78, 5) is 15.2. The highest BCUT2D eigenvalue weighted by atomic mass is 35.5. The van der Waals surface area contributed by atoms with E-state index in [1.807, 2.05) is 6.07 Å². The summed E-state index contributed by atoms with van der Waals surface area (Å²) in [7, 11) is 3.73. The van der Waals surface area contributed by atoms with E-state index >= 15 is 0 Å². The molecule has 2 aliphatic heterocycles. The van der Waals surface area contributed by atoms with Crippen molar-refractivity contribution in [3.8, 4) is 11.5 Å². The molecule has 0 N–H and O–H groups in total. The van der Waals surface area contributed by atoms with Crippen LogP contribution in [0.2, 0.25) is 5.02 Å². The summed E-state index contributed by atoms with van der Waals surface area (Å²) in [5.74, 6) is 0.909. The van der Waals surface area contributed by atoms with Gasteiger partial charge in [-0.25, -0.2) is 4.79 Å². The molecule has 36 heavy (non-hydrogen) atoms. The van der Waals surface area contributed by atoms with Crippen LogP contribution in [0.1, 0.15) is 59.7 Å². The number of alkyl halides is 3.